The number of hydrogen-bond donors (Lipinski definition) is 2. The van der Waals surface area contributed by atoms with Crippen molar-refractivity contribution >= 4 is 0 Å². The Bertz CT molecular complexity index is 324. The molecular weight excluding hydrogens is 192 g/mol. The van der Waals surface area contributed by atoms with Crippen molar-refractivity contribution < 1.29 is 9.52 Å². The Morgan fingerprint density at radius 3 is 2.93 bits per heavy atom. The maximum atomic E-state index is 9.48. The fraction of sp³-hybridized carbons (Fsp3) is 0.636. The van der Waals surface area contributed by atoms with E-state index in [4.69, 9.17) is 10.2 Å². The summed E-state index contributed by atoms with van der Waals surface area (Å²) in [5.74, 6) is 1.81. The van der Waals surface area contributed by atoms with Crippen molar-refractivity contribution in [3.8, 4) is 0 Å². The molecule has 1 aromatic rings. The van der Waals surface area contributed by atoms with Crippen LogP contribution in [0.15, 0.2) is 16.5 Å². The lowest BCUT2D eigenvalue weighted by atomic mass is 10.2. The predicted octanol–water partition coefficient (Wildman–Crippen LogP) is 0.654. The Kier molecular flexibility index (Phi) is 3.09. The van der Waals surface area contributed by atoms with Gasteiger partial charge in [-0.3, -0.25) is 4.90 Å². The number of likely N-dealkylation sites (tertiary alicyclic amines) is 1. The smallest absolute Gasteiger partial charge is 0.122 e. The van der Waals surface area contributed by atoms with Gasteiger partial charge in [-0.15, -0.1) is 0 Å². The summed E-state index contributed by atoms with van der Waals surface area (Å²) < 4.78 is 5.58. The third-order valence-corrected chi connectivity index (χ3v) is 2.95. The first-order valence-electron chi connectivity index (χ1n) is 5.39. The summed E-state index contributed by atoms with van der Waals surface area (Å²) in [4.78, 5) is 2.18. The number of aryl methyl sites for hydroxylation is 1. The summed E-state index contributed by atoms with van der Waals surface area (Å²) in [5, 5.41) is 9.48. The minimum absolute atomic E-state index is 0.107. The zero-order valence-corrected chi connectivity index (χ0v) is 9.02. The molecule has 0 radical (unpaired) electrons. The van der Waals surface area contributed by atoms with Gasteiger partial charge in [0.05, 0.1) is 12.1 Å². The molecule has 1 saturated heterocycles. The van der Waals surface area contributed by atoms with E-state index in [2.05, 4.69) is 4.90 Å². The molecule has 0 aliphatic carbocycles. The molecule has 1 aliphatic rings. The van der Waals surface area contributed by atoms with Gasteiger partial charge in [0.2, 0.25) is 0 Å². The van der Waals surface area contributed by atoms with E-state index in [0.29, 0.717) is 13.1 Å². The van der Waals surface area contributed by atoms with Gasteiger partial charge in [-0.2, -0.15) is 0 Å². The maximum Gasteiger partial charge on any atom is 0.122 e. The standard InChI is InChI=1S/C11H18N2O2/c1-8-2-3-11(15-8)10(6-12)13-5-4-9(14)7-13/h2-3,9-10,14H,4-7,12H2,1H3. The van der Waals surface area contributed by atoms with Crippen LogP contribution in [0.2, 0.25) is 0 Å². The number of hydrogen-bond acceptors (Lipinski definition) is 4. The van der Waals surface area contributed by atoms with E-state index in [1.807, 2.05) is 19.1 Å². The predicted molar refractivity (Wildman–Crippen MR) is 57.4 cm³/mol. The summed E-state index contributed by atoms with van der Waals surface area (Å²) in [7, 11) is 0. The molecular formula is C11H18N2O2. The van der Waals surface area contributed by atoms with Crippen LogP contribution in [0.3, 0.4) is 0 Å². The Balaban J connectivity index is 2.10. The normalized spacial score (nSPS) is 24.6. The van der Waals surface area contributed by atoms with Gasteiger partial charge in [0.1, 0.15) is 11.5 Å². The highest BCUT2D eigenvalue weighted by Gasteiger charge is 2.28. The van der Waals surface area contributed by atoms with Crippen LogP contribution in [-0.4, -0.2) is 35.7 Å². The monoisotopic (exact) mass is 210 g/mol. The molecule has 2 rings (SSSR count). The topological polar surface area (TPSA) is 62.6 Å². The number of furan rings is 1. The van der Waals surface area contributed by atoms with Gasteiger partial charge in [0, 0.05) is 19.6 Å². The second-order valence-electron chi connectivity index (χ2n) is 4.14. The summed E-state index contributed by atoms with van der Waals surface area (Å²) >= 11 is 0. The highest BCUT2D eigenvalue weighted by molar-refractivity contribution is 5.11. The van der Waals surface area contributed by atoms with Crippen molar-refractivity contribution in [1.29, 1.82) is 0 Å². The van der Waals surface area contributed by atoms with E-state index in [1.54, 1.807) is 0 Å². The van der Waals surface area contributed by atoms with Crippen molar-refractivity contribution in [2.75, 3.05) is 19.6 Å². The quantitative estimate of drug-likeness (QED) is 0.769. The molecule has 0 aromatic carbocycles. The first kappa shape index (κ1) is 10.7. The van der Waals surface area contributed by atoms with Crippen LogP contribution < -0.4 is 5.73 Å². The van der Waals surface area contributed by atoms with Crippen LogP contribution in [0.5, 0.6) is 0 Å². The molecule has 0 bridgehead atoms. The highest BCUT2D eigenvalue weighted by Crippen LogP contribution is 2.25. The lowest BCUT2D eigenvalue weighted by Gasteiger charge is -2.24. The third kappa shape index (κ3) is 2.22. The molecule has 2 unspecified atom stereocenters. The average Bonchev–Trinajstić information content (AvgIpc) is 2.78. The average molecular weight is 210 g/mol. The van der Waals surface area contributed by atoms with E-state index in [1.165, 1.54) is 0 Å². The number of nitrogens with two attached hydrogens (primary N) is 1. The third-order valence-electron chi connectivity index (χ3n) is 2.95. The summed E-state index contributed by atoms with van der Waals surface area (Å²) in [6, 6.07) is 4.03. The second-order valence-corrected chi connectivity index (χ2v) is 4.14. The van der Waals surface area contributed by atoms with E-state index < -0.39 is 0 Å². The molecule has 1 aliphatic heterocycles. The molecule has 4 heteroatoms. The van der Waals surface area contributed by atoms with Gasteiger partial charge in [-0.1, -0.05) is 0 Å². The lowest BCUT2D eigenvalue weighted by Crippen LogP contribution is -2.32. The highest BCUT2D eigenvalue weighted by atomic mass is 16.3. The largest absolute Gasteiger partial charge is 0.465 e. The summed E-state index contributed by atoms with van der Waals surface area (Å²) in [6.07, 6.45) is 0.617. The molecule has 0 amide bonds. The molecule has 0 spiro atoms. The SMILES string of the molecule is Cc1ccc(C(CN)N2CCC(O)C2)o1. The van der Waals surface area contributed by atoms with Gasteiger partial charge in [-0.05, 0) is 25.5 Å². The van der Waals surface area contributed by atoms with Crippen LogP contribution in [0.1, 0.15) is 24.0 Å². The number of nitrogens with zero attached hydrogens (tertiary/aromatic N) is 1. The lowest BCUT2D eigenvalue weighted by molar-refractivity contribution is 0.153. The molecule has 0 saturated carbocycles. The molecule has 2 heterocycles. The number of β-amino-alcohol motifs (C(OH)–C–C–N with tert-alkyl or cyclic N) is 1. The van der Waals surface area contributed by atoms with Gasteiger partial charge in [0.15, 0.2) is 0 Å². The van der Waals surface area contributed by atoms with Gasteiger partial charge in [0.25, 0.3) is 0 Å². The minimum atomic E-state index is -0.213. The minimum Gasteiger partial charge on any atom is -0.465 e. The second kappa shape index (κ2) is 4.35. The Hall–Kier alpha value is -0.840. The Labute approximate surface area is 89.7 Å². The van der Waals surface area contributed by atoms with Crippen LogP contribution >= 0.6 is 0 Å². The number of aliphatic hydroxyl groups excluding tert-OH is 1. The van der Waals surface area contributed by atoms with Crippen molar-refractivity contribution in [3.05, 3.63) is 23.7 Å². The number of aliphatic hydroxyl groups is 1. The summed E-state index contributed by atoms with van der Waals surface area (Å²) in [5.41, 5.74) is 5.76. The van der Waals surface area contributed by atoms with Crippen molar-refractivity contribution in [3.63, 3.8) is 0 Å². The van der Waals surface area contributed by atoms with Crippen LogP contribution in [0.25, 0.3) is 0 Å². The van der Waals surface area contributed by atoms with Gasteiger partial charge >= 0.3 is 0 Å². The van der Waals surface area contributed by atoms with Crippen molar-refractivity contribution in [2.24, 2.45) is 5.73 Å². The van der Waals surface area contributed by atoms with Crippen molar-refractivity contribution in [2.45, 2.75) is 25.5 Å². The number of rotatable bonds is 3. The zero-order chi connectivity index (χ0) is 10.8. The molecule has 2 atom stereocenters. The molecule has 1 fully saturated rings. The Morgan fingerprint density at radius 2 is 2.47 bits per heavy atom. The molecule has 3 N–H and O–H groups in total. The molecule has 4 nitrogen and oxygen atoms in total. The van der Waals surface area contributed by atoms with E-state index >= 15 is 0 Å². The summed E-state index contributed by atoms with van der Waals surface area (Å²) in [6.45, 7) is 4.04. The Morgan fingerprint density at radius 1 is 1.67 bits per heavy atom. The van der Waals surface area contributed by atoms with E-state index in [9.17, 15) is 5.11 Å². The maximum absolute atomic E-state index is 9.48. The van der Waals surface area contributed by atoms with Crippen LogP contribution in [0.4, 0.5) is 0 Å². The zero-order valence-electron chi connectivity index (χ0n) is 9.02. The van der Waals surface area contributed by atoms with E-state index in [-0.39, 0.29) is 12.1 Å². The molecule has 15 heavy (non-hydrogen) atoms. The molecule has 84 valence electrons. The van der Waals surface area contributed by atoms with E-state index in [0.717, 1.165) is 24.5 Å². The first-order chi connectivity index (χ1) is 7.20. The first-order valence-corrected chi connectivity index (χ1v) is 5.39. The van der Waals surface area contributed by atoms with Gasteiger partial charge in [-0.25, -0.2) is 0 Å². The fourth-order valence-electron chi connectivity index (χ4n) is 2.13. The fourth-order valence-corrected chi connectivity index (χ4v) is 2.13. The molecule has 1 aromatic heterocycles. The van der Waals surface area contributed by atoms with Crippen molar-refractivity contribution in [1.82, 2.24) is 4.90 Å². The van der Waals surface area contributed by atoms with Crippen LogP contribution in [0, 0.1) is 6.92 Å². The van der Waals surface area contributed by atoms with Crippen LogP contribution in [-0.2, 0) is 0 Å². The van der Waals surface area contributed by atoms with Gasteiger partial charge < -0.3 is 15.3 Å².